The molecule has 3 atom stereocenters. The van der Waals surface area contributed by atoms with Gasteiger partial charge in [-0.3, -0.25) is 4.79 Å². The predicted octanol–water partition coefficient (Wildman–Crippen LogP) is 3.74. The second-order valence-corrected chi connectivity index (χ2v) is 11.8. The van der Waals surface area contributed by atoms with Crippen LogP contribution in [0, 0.1) is 11.3 Å². The van der Waals surface area contributed by atoms with E-state index < -0.39 is 17.8 Å². The van der Waals surface area contributed by atoms with Gasteiger partial charge in [0.25, 0.3) is 5.91 Å². The van der Waals surface area contributed by atoms with Gasteiger partial charge >= 0.3 is 6.01 Å². The van der Waals surface area contributed by atoms with Crippen molar-refractivity contribution in [3.63, 3.8) is 0 Å². The van der Waals surface area contributed by atoms with E-state index in [1.54, 1.807) is 0 Å². The summed E-state index contributed by atoms with van der Waals surface area (Å²) in [5.74, 6) is -0.906. The molecular weight excluding hydrogens is 507 g/mol. The Morgan fingerprint density at radius 1 is 1.20 bits per heavy atom. The van der Waals surface area contributed by atoms with E-state index in [1.165, 1.54) is 16.0 Å². The molecule has 1 spiro atoms. The van der Waals surface area contributed by atoms with E-state index in [-0.39, 0.29) is 11.8 Å². The second-order valence-electron chi connectivity index (χ2n) is 11.8. The van der Waals surface area contributed by atoms with Crippen LogP contribution in [0.15, 0.2) is 36.7 Å². The number of nitriles is 1. The average Bonchev–Trinajstić information content (AvgIpc) is 3.54. The topological polar surface area (TPSA) is 85.6 Å². The zero-order chi connectivity index (χ0) is 27.9. The Bertz CT molecular complexity index is 1360. The fourth-order valence-corrected chi connectivity index (χ4v) is 7.32. The highest BCUT2D eigenvalue weighted by molar-refractivity contribution is 5.91. The lowest BCUT2D eigenvalue weighted by atomic mass is 9.69. The number of piperazine rings is 1. The Morgan fingerprint density at radius 2 is 2.02 bits per heavy atom. The van der Waals surface area contributed by atoms with Crippen molar-refractivity contribution in [3.8, 4) is 12.1 Å². The molecule has 0 unspecified atom stereocenters. The number of carbonyl (C=O) groups excluding carboxylic acids is 1. The number of aromatic nitrogens is 2. The number of rotatable bonds is 6. The van der Waals surface area contributed by atoms with Crippen LogP contribution in [-0.4, -0.2) is 77.6 Å². The molecule has 210 valence electrons. The van der Waals surface area contributed by atoms with E-state index in [0.29, 0.717) is 38.3 Å². The highest BCUT2D eigenvalue weighted by Gasteiger charge is 2.43. The molecule has 4 aliphatic rings. The minimum absolute atomic E-state index is 0.0775. The van der Waals surface area contributed by atoms with Gasteiger partial charge in [-0.25, -0.2) is 4.39 Å². The zero-order valence-corrected chi connectivity index (χ0v) is 23.2. The summed E-state index contributed by atoms with van der Waals surface area (Å²) in [6, 6.07) is 11.3. The molecule has 0 N–H and O–H groups in total. The van der Waals surface area contributed by atoms with Gasteiger partial charge in [0.2, 0.25) is 0 Å². The SMILES string of the molecule is C=C(F)C(=O)N1CCN(c2nc(OC[C@@H]3CCCN3C)nc3c2CC[C@@]2(CCc4ccccc42)C3)C[C@@H]1CC#N. The fraction of sp³-hybridized carbons (Fsp3) is 0.548. The van der Waals surface area contributed by atoms with E-state index in [4.69, 9.17) is 14.7 Å². The van der Waals surface area contributed by atoms with Gasteiger partial charge in [0.1, 0.15) is 12.4 Å². The van der Waals surface area contributed by atoms with Crippen molar-refractivity contribution in [1.82, 2.24) is 19.8 Å². The minimum Gasteiger partial charge on any atom is -0.462 e. The molecule has 2 fully saturated rings. The van der Waals surface area contributed by atoms with Gasteiger partial charge in [-0.05, 0) is 69.7 Å². The molecule has 0 saturated carbocycles. The molecule has 2 aliphatic carbocycles. The lowest BCUT2D eigenvalue weighted by Crippen LogP contribution is -2.55. The van der Waals surface area contributed by atoms with E-state index in [9.17, 15) is 14.4 Å². The third kappa shape index (κ3) is 4.83. The molecule has 2 saturated heterocycles. The molecule has 1 aromatic heterocycles. The van der Waals surface area contributed by atoms with Crippen LogP contribution >= 0.6 is 0 Å². The molecule has 6 rings (SSSR count). The first-order valence-corrected chi connectivity index (χ1v) is 14.5. The van der Waals surface area contributed by atoms with Crippen molar-refractivity contribution in [2.45, 2.75) is 68.9 Å². The molecule has 0 bridgehead atoms. The van der Waals surface area contributed by atoms with E-state index in [1.807, 2.05) is 0 Å². The van der Waals surface area contributed by atoms with Gasteiger partial charge in [-0.1, -0.05) is 30.8 Å². The third-order valence-corrected chi connectivity index (χ3v) is 9.55. The molecule has 40 heavy (non-hydrogen) atoms. The van der Waals surface area contributed by atoms with Gasteiger partial charge in [0, 0.05) is 36.7 Å². The summed E-state index contributed by atoms with van der Waals surface area (Å²) in [5.41, 5.74) is 5.13. The van der Waals surface area contributed by atoms with Crippen molar-refractivity contribution in [2.75, 3.05) is 44.7 Å². The quantitative estimate of drug-likeness (QED) is 0.512. The van der Waals surface area contributed by atoms with Crippen LogP contribution in [-0.2, 0) is 29.5 Å². The number of fused-ring (bicyclic) bond motifs is 3. The summed E-state index contributed by atoms with van der Waals surface area (Å²) in [6.45, 7) is 5.98. The third-order valence-electron chi connectivity index (χ3n) is 9.55. The largest absolute Gasteiger partial charge is 0.462 e. The Labute approximate surface area is 235 Å². The lowest BCUT2D eigenvalue weighted by Gasteiger charge is -2.42. The number of aryl methyl sites for hydroxylation is 1. The summed E-state index contributed by atoms with van der Waals surface area (Å²) in [6.07, 6.45) is 7.31. The lowest BCUT2D eigenvalue weighted by molar-refractivity contribution is -0.131. The van der Waals surface area contributed by atoms with Gasteiger partial charge in [-0.2, -0.15) is 15.2 Å². The van der Waals surface area contributed by atoms with Crippen LogP contribution < -0.4 is 9.64 Å². The van der Waals surface area contributed by atoms with Crippen LogP contribution in [0.1, 0.15) is 54.5 Å². The van der Waals surface area contributed by atoms with Crippen molar-refractivity contribution in [1.29, 1.82) is 5.26 Å². The van der Waals surface area contributed by atoms with Crippen LogP contribution in [0.2, 0.25) is 0 Å². The first kappa shape index (κ1) is 26.7. The summed E-state index contributed by atoms with van der Waals surface area (Å²) >= 11 is 0. The summed E-state index contributed by atoms with van der Waals surface area (Å²) < 4.78 is 20.0. The highest BCUT2D eigenvalue weighted by atomic mass is 19.1. The number of likely N-dealkylation sites (N-methyl/N-ethyl adjacent to an activating group) is 1. The van der Waals surface area contributed by atoms with E-state index in [0.717, 1.165) is 68.6 Å². The normalized spacial score (nSPS) is 25.9. The molecule has 0 radical (unpaired) electrons. The van der Waals surface area contributed by atoms with Crippen molar-refractivity contribution < 1.29 is 13.9 Å². The van der Waals surface area contributed by atoms with Gasteiger partial charge < -0.3 is 19.4 Å². The maximum absolute atomic E-state index is 13.8. The van der Waals surface area contributed by atoms with Crippen LogP contribution in [0.4, 0.5) is 10.2 Å². The highest BCUT2D eigenvalue weighted by Crippen LogP contribution is 2.48. The van der Waals surface area contributed by atoms with Gasteiger partial charge in [0.05, 0.1) is 24.2 Å². The maximum atomic E-state index is 13.8. The first-order valence-electron chi connectivity index (χ1n) is 14.5. The monoisotopic (exact) mass is 544 g/mol. The van der Waals surface area contributed by atoms with E-state index in [2.05, 4.69) is 53.8 Å². The molecule has 2 aliphatic heterocycles. The molecule has 1 amide bonds. The molecule has 1 aromatic carbocycles. The molecular formula is C31H37FN6O2. The van der Waals surface area contributed by atoms with Crippen molar-refractivity contribution >= 4 is 11.7 Å². The van der Waals surface area contributed by atoms with Crippen LogP contribution in [0.25, 0.3) is 0 Å². The molecule has 9 heteroatoms. The Morgan fingerprint density at radius 3 is 2.80 bits per heavy atom. The first-order chi connectivity index (χ1) is 19.4. The number of likely N-dealkylation sites (tertiary alicyclic amines) is 1. The van der Waals surface area contributed by atoms with Gasteiger partial charge in [-0.15, -0.1) is 0 Å². The summed E-state index contributed by atoms with van der Waals surface area (Å²) in [5, 5.41) is 9.47. The number of hydrogen-bond acceptors (Lipinski definition) is 7. The maximum Gasteiger partial charge on any atom is 0.318 e. The number of benzene rings is 1. The standard InChI is InChI=1S/C31H37FN6O2/c1-21(32)29(39)38-17-16-37(19-23(38)11-14-33)28-25-10-13-31(12-9-22-6-3-4-8-26(22)31)18-27(25)34-30(35-28)40-20-24-7-5-15-36(24)2/h3-4,6,8,23-24H,1,5,7,9-13,15-20H2,2H3/t23-,24-,31-/m0/s1. The molecule has 8 nitrogen and oxygen atoms in total. The minimum atomic E-state index is -0.995. The Kier molecular flexibility index (Phi) is 7.22. The zero-order valence-electron chi connectivity index (χ0n) is 23.2. The average molecular weight is 545 g/mol. The summed E-state index contributed by atoms with van der Waals surface area (Å²) in [4.78, 5) is 28.3. The van der Waals surface area contributed by atoms with E-state index >= 15 is 0 Å². The van der Waals surface area contributed by atoms with Crippen molar-refractivity contribution in [3.05, 3.63) is 59.1 Å². The summed E-state index contributed by atoms with van der Waals surface area (Å²) in [7, 11) is 2.13. The Balaban J connectivity index is 1.33. The van der Waals surface area contributed by atoms with Gasteiger partial charge in [0.15, 0.2) is 5.83 Å². The predicted molar refractivity (Wildman–Crippen MR) is 150 cm³/mol. The Hall–Kier alpha value is -3.51. The number of carbonyl (C=O) groups is 1. The number of amides is 1. The number of ether oxygens (including phenoxy) is 1. The van der Waals surface area contributed by atoms with Crippen LogP contribution in [0.3, 0.4) is 0 Å². The van der Waals surface area contributed by atoms with Crippen molar-refractivity contribution in [2.24, 2.45) is 0 Å². The number of nitrogens with zero attached hydrogens (tertiary/aromatic N) is 6. The smallest absolute Gasteiger partial charge is 0.318 e. The number of halogens is 1. The fourth-order valence-electron chi connectivity index (χ4n) is 7.32. The number of hydrogen-bond donors (Lipinski definition) is 0. The molecule has 3 heterocycles. The number of anilines is 1. The molecule has 2 aromatic rings. The second kappa shape index (κ2) is 10.8. The van der Waals surface area contributed by atoms with Crippen LogP contribution in [0.5, 0.6) is 6.01 Å².